The number of rotatable bonds is 2. The molecule has 0 saturated carbocycles. The summed E-state index contributed by atoms with van der Waals surface area (Å²) in [5.74, 6) is 1.79. The maximum Gasteiger partial charge on any atom is 0.151 e. The van der Waals surface area contributed by atoms with Crippen LogP contribution in [-0.2, 0) is 13.1 Å². The lowest BCUT2D eigenvalue weighted by Crippen LogP contribution is -2.16. The van der Waals surface area contributed by atoms with E-state index < -0.39 is 0 Å². The molecule has 2 aromatic carbocycles. The first-order valence-corrected chi connectivity index (χ1v) is 10.8. The van der Waals surface area contributed by atoms with Gasteiger partial charge in [-0.15, -0.1) is 10.2 Å². The standard InChI is InChI=1S/C23H21Cl2FN4/c1-29-12-16-11-17(24)9-10-20(16)30-21(13-29)27-28-23(30)15-7-5-14(6-8-15)18-3-2-4-19(26)22(18)25/h2-5,9-11,15H,6-8,12-13H2,1H3/t15-/m1/s1. The first-order chi connectivity index (χ1) is 14.5. The molecule has 3 aromatic rings. The molecule has 0 bridgehead atoms. The van der Waals surface area contributed by atoms with E-state index in [-0.39, 0.29) is 16.8 Å². The van der Waals surface area contributed by atoms with E-state index in [4.69, 9.17) is 23.2 Å². The van der Waals surface area contributed by atoms with E-state index in [1.54, 1.807) is 6.07 Å². The molecule has 5 rings (SSSR count). The van der Waals surface area contributed by atoms with Crippen molar-refractivity contribution < 1.29 is 4.39 Å². The number of halogens is 3. The van der Waals surface area contributed by atoms with Gasteiger partial charge >= 0.3 is 0 Å². The molecule has 0 radical (unpaired) electrons. The molecule has 0 N–H and O–H groups in total. The highest BCUT2D eigenvalue weighted by Gasteiger charge is 2.28. The highest BCUT2D eigenvalue weighted by Crippen LogP contribution is 2.39. The number of fused-ring (bicyclic) bond motifs is 3. The third-order valence-electron chi connectivity index (χ3n) is 5.96. The van der Waals surface area contributed by atoms with Gasteiger partial charge < -0.3 is 0 Å². The van der Waals surface area contributed by atoms with Crippen molar-refractivity contribution >= 4 is 28.8 Å². The second kappa shape index (κ2) is 7.80. The van der Waals surface area contributed by atoms with Gasteiger partial charge in [0.1, 0.15) is 11.6 Å². The van der Waals surface area contributed by atoms with Gasteiger partial charge in [-0.2, -0.15) is 0 Å². The molecule has 2 heterocycles. The highest BCUT2D eigenvalue weighted by molar-refractivity contribution is 6.32. The number of benzene rings is 2. The van der Waals surface area contributed by atoms with Gasteiger partial charge in [-0.05, 0) is 67.3 Å². The van der Waals surface area contributed by atoms with Crippen LogP contribution < -0.4 is 0 Å². The van der Waals surface area contributed by atoms with Crippen LogP contribution in [0.25, 0.3) is 11.3 Å². The van der Waals surface area contributed by atoms with Gasteiger partial charge in [-0.25, -0.2) is 4.39 Å². The number of hydrogen-bond donors (Lipinski definition) is 0. The Labute approximate surface area is 184 Å². The van der Waals surface area contributed by atoms with Crippen LogP contribution in [0.15, 0.2) is 42.5 Å². The summed E-state index contributed by atoms with van der Waals surface area (Å²) >= 11 is 12.5. The molecule has 0 unspecified atom stereocenters. The summed E-state index contributed by atoms with van der Waals surface area (Å²) in [6.45, 7) is 1.54. The fourth-order valence-corrected chi connectivity index (χ4v) is 4.95. The van der Waals surface area contributed by atoms with Crippen LogP contribution in [0.5, 0.6) is 0 Å². The van der Waals surface area contributed by atoms with E-state index in [1.165, 1.54) is 11.6 Å². The van der Waals surface area contributed by atoms with Gasteiger partial charge in [-0.3, -0.25) is 9.47 Å². The van der Waals surface area contributed by atoms with Gasteiger partial charge in [0.05, 0.1) is 17.3 Å². The topological polar surface area (TPSA) is 34.0 Å². The highest BCUT2D eigenvalue weighted by atomic mass is 35.5. The maximum absolute atomic E-state index is 13.9. The number of nitrogens with zero attached hydrogens (tertiary/aromatic N) is 4. The van der Waals surface area contributed by atoms with Crippen LogP contribution >= 0.6 is 23.2 Å². The minimum Gasteiger partial charge on any atom is -0.295 e. The molecule has 154 valence electrons. The minimum atomic E-state index is -0.376. The Morgan fingerprint density at radius 2 is 1.97 bits per heavy atom. The van der Waals surface area contributed by atoms with Crippen molar-refractivity contribution in [2.24, 2.45) is 0 Å². The van der Waals surface area contributed by atoms with Gasteiger partial charge in [0, 0.05) is 17.5 Å². The Morgan fingerprint density at radius 1 is 1.10 bits per heavy atom. The van der Waals surface area contributed by atoms with Crippen molar-refractivity contribution in [2.45, 2.75) is 38.3 Å². The van der Waals surface area contributed by atoms with Crippen LogP contribution in [0, 0.1) is 5.82 Å². The monoisotopic (exact) mass is 442 g/mol. The van der Waals surface area contributed by atoms with E-state index in [1.807, 2.05) is 18.2 Å². The molecule has 1 aliphatic carbocycles. The first-order valence-electron chi connectivity index (χ1n) is 10.1. The largest absolute Gasteiger partial charge is 0.295 e. The summed E-state index contributed by atoms with van der Waals surface area (Å²) in [6, 6.07) is 11.0. The molecule has 0 fully saturated rings. The zero-order chi connectivity index (χ0) is 20.8. The molecule has 0 saturated heterocycles. The Hall–Kier alpha value is -2.21. The molecule has 0 amide bonds. The average Bonchev–Trinajstić information content (AvgIpc) is 3.07. The number of aromatic nitrogens is 3. The molecule has 1 aliphatic heterocycles. The second-order valence-corrected chi connectivity index (χ2v) is 8.87. The lowest BCUT2D eigenvalue weighted by molar-refractivity contribution is 0.315. The summed E-state index contributed by atoms with van der Waals surface area (Å²) < 4.78 is 16.1. The van der Waals surface area contributed by atoms with Crippen LogP contribution in [0.4, 0.5) is 4.39 Å². The molecule has 1 atom stereocenters. The zero-order valence-corrected chi connectivity index (χ0v) is 18.1. The van der Waals surface area contributed by atoms with E-state index in [9.17, 15) is 4.39 Å². The van der Waals surface area contributed by atoms with Crippen molar-refractivity contribution in [3.05, 3.63) is 81.1 Å². The molecule has 7 heteroatoms. The van der Waals surface area contributed by atoms with Gasteiger partial charge in [-0.1, -0.05) is 41.4 Å². The Bertz CT molecular complexity index is 1150. The van der Waals surface area contributed by atoms with Crippen molar-refractivity contribution in [2.75, 3.05) is 7.05 Å². The van der Waals surface area contributed by atoms with E-state index in [0.29, 0.717) is 0 Å². The third-order valence-corrected chi connectivity index (χ3v) is 6.58. The smallest absolute Gasteiger partial charge is 0.151 e. The lowest BCUT2D eigenvalue weighted by Gasteiger charge is -2.23. The molecule has 1 aromatic heterocycles. The predicted molar refractivity (Wildman–Crippen MR) is 118 cm³/mol. The van der Waals surface area contributed by atoms with E-state index >= 15 is 0 Å². The van der Waals surface area contributed by atoms with Gasteiger partial charge in [0.15, 0.2) is 5.82 Å². The Balaban J connectivity index is 1.50. The first kappa shape index (κ1) is 19.7. The van der Waals surface area contributed by atoms with Gasteiger partial charge in [0.25, 0.3) is 0 Å². The van der Waals surface area contributed by atoms with Crippen molar-refractivity contribution in [1.29, 1.82) is 0 Å². The van der Waals surface area contributed by atoms with Crippen LogP contribution in [-0.4, -0.2) is 26.7 Å². The van der Waals surface area contributed by atoms with Crippen LogP contribution in [0.2, 0.25) is 10.0 Å². The Kier molecular flexibility index (Phi) is 5.13. The zero-order valence-electron chi connectivity index (χ0n) is 16.6. The second-order valence-electron chi connectivity index (χ2n) is 8.06. The summed E-state index contributed by atoms with van der Waals surface area (Å²) in [4.78, 5) is 2.22. The Morgan fingerprint density at radius 3 is 2.77 bits per heavy atom. The summed E-state index contributed by atoms with van der Waals surface area (Å²) in [5.41, 5.74) is 4.15. The van der Waals surface area contributed by atoms with Crippen molar-refractivity contribution in [1.82, 2.24) is 19.7 Å². The SMILES string of the molecule is CN1Cc2cc(Cl)ccc2-n2c(nnc2[C@@H]2CC=C(c3cccc(F)c3Cl)CC2)C1. The van der Waals surface area contributed by atoms with Crippen molar-refractivity contribution in [3.63, 3.8) is 0 Å². The molecular weight excluding hydrogens is 422 g/mol. The van der Waals surface area contributed by atoms with Crippen LogP contribution in [0.1, 0.15) is 48.0 Å². The fraction of sp³-hybridized carbons (Fsp3) is 0.304. The van der Waals surface area contributed by atoms with E-state index in [2.05, 4.69) is 38.9 Å². The number of hydrogen-bond acceptors (Lipinski definition) is 3. The normalized spacial score (nSPS) is 19.1. The number of allylic oxidation sites excluding steroid dienone is 2. The van der Waals surface area contributed by atoms with Crippen molar-refractivity contribution in [3.8, 4) is 5.69 Å². The predicted octanol–water partition coefficient (Wildman–Crippen LogP) is 6.01. The third kappa shape index (κ3) is 3.45. The van der Waals surface area contributed by atoms with E-state index in [0.717, 1.165) is 65.8 Å². The average molecular weight is 443 g/mol. The summed E-state index contributed by atoms with van der Waals surface area (Å²) in [7, 11) is 2.08. The lowest BCUT2D eigenvalue weighted by atomic mass is 9.86. The minimum absolute atomic E-state index is 0.201. The quantitative estimate of drug-likeness (QED) is 0.487. The summed E-state index contributed by atoms with van der Waals surface area (Å²) in [5, 5.41) is 10.0. The molecule has 30 heavy (non-hydrogen) atoms. The molecule has 0 spiro atoms. The molecule has 2 aliphatic rings. The molecular formula is C23H21Cl2FN4. The van der Waals surface area contributed by atoms with Crippen LogP contribution in [0.3, 0.4) is 0 Å². The fourth-order valence-electron chi connectivity index (χ4n) is 4.51. The maximum atomic E-state index is 13.9. The van der Waals surface area contributed by atoms with Gasteiger partial charge in [0.2, 0.25) is 0 Å². The summed E-state index contributed by atoms with van der Waals surface area (Å²) in [6.07, 6.45) is 4.72. The molecule has 4 nitrogen and oxygen atoms in total.